The van der Waals surface area contributed by atoms with Crippen molar-refractivity contribution in [3.63, 3.8) is 0 Å². The number of piperidine rings is 1. The van der Waals surface area contributed by atoms with E-state index in [4.69, 9.17) is 4.63 Å². The summed E-state index contributed by atoms with van der Waals surface area (Å²) < 4.78 is 4.76. The first-order chi connectivity index (χ1) is 13.1. The Morgan fingerprint density at radius 2 is 1.89 bits per heavy atom. The van der Waals surface area contributed by atoms with Crippen LogP contribution in [0, 0.1) is 6.92 Å². The molecule has 1 aromatic carbocycles. The first kappa shape index (κ1) is 17.9. The lowest BCUT2D eigenvalue weighted by Crippen LogP contribution is -2.42. The van der Waals surface area contributed by atoms with Crippen molar-refractivity contribution in [1.82, 2.24) is 25.6 Å². The molecular formula is C20H26N6O. The number of aryl methyl sites for hydroxylation is 1. The molecule has 0 radical (unpaired) electrons. The predicted molar refractivity (Wildman–Crippen MR) is 105 cm³/mol. The molecular weight excluding hydrogens is 340 g/mol. The maximum Gasteiger partial charge on any atom is 0.135 e. The van der Waals surface area contributed by atoms with Crippen molar-refractivity contribution >= 4 is 16.9 Å². The lowest BCUT2D eigenvalue weighted by atomic mass is 10.0. The Hall–Kier alpha value is -2.54. The van der Waals surface area contributed by atoms with E-state index in [1.165, 1.54) is 5.56 Å². The third kappa shape index (κ3) is 4.08. The monoisotopic (exact) mass is 366 g/mol. The van der Waals surface area contributed by atoms with Crippen molar-refractivity contribution in [2.24, 2.45) is 0 Å². The molecule has 0 bridgehead atoms. The zero-order chi connectivity index (χ0) is 18.8. The summed E-state index contributed by atoms with van der Waals surface area (Å²) in [6, 6.07) is 8.72. The standard InChI is InChI=1S/C20H26N6O/c1-13(2)18-11-20(23-14(3)22-18)26-8-6-16(7-9-26)21-12-15-4-5-17-19(10-15)25-27-24-17/h4-5,10-11,13,16,21H,6-9,12H2,1-3H3. The van der Waals surface area contributed by atoms with Crippen LogP contribution < -0.4 is 10.2 Å². The summed E-state index contributed by atoms with van der Waals surface area (Å²) in [7, 11) is 0. The van der Waals surface area contributed by atoms with Gasteiger partial charge in [-0.1, -0.05) is 19.9 Å². The van der Waals surface area contributed by atoms with E-state index in [9.17, 15) is 0 Å². The number of fused-ring (bicyclic) bond motifs is 1. The molecule has 0 spiro atoms. The van der Waals surface area contributed by atoms with Gasteiger partial charge in [-0.05, 0) is 53.7 Å². The highest BCUT2D eigenvalue weighted by Crippen LogP contribution is 2.22. The van der Waals surface area contributed by atoms with E-state index >= 15 is 0 Å². The molecule has 7 heteroatoms. The molecule has 1 aliphatic rings. The van der Waals surface area contributed by atoms with E-state index < -0.39 is 0 Å². The molecule has 1 N–H and O–H groups in total. The van der Waals surface area contributed by atoms with Crippen LogP contribution >= 0.6 is 0 Å². The third-order valence-electron chi connectivity index (χ3n) is 5.17. The van der Waals surface area contributed by atoms with Crippen molar-refractivity contribution in [3.05, 3.63) is 41.3 Å². The first-order valence-electron chi connectivity index (χ1n) is 9.63. The van der Waals surface area contributed by atoms with Crippen LogP contribution in [-0.4, -0.2) is 39.4 Å². The Bertz CT molecular complexity index is 914. The fourth-order valence-corrected chi connectivity index (χ4v) is 3.54. The fourth-order valence-electron chi connectivity index (χ4n) is 3.54. The Morgan fingerprint density at radius 3 is 2.67 bits per heavy atom. The Balaban J connectivity index is 1.33. The van der Waals surface area contributed by atoms with Gasteiger partial charge in [0.05, 0.1) is 0 Å². The van der Waals surface area contributed by atoms with Crippen molar-refractivity contribution in [1.29, 1.82) is 0 Å². The number of nitrogens with one attached hydrogen (secondary N) is 1. The molecule has 0 saturated carbocycles. The summed E-state index contributed by atoms with van der Waals surface area (Å²) in [5.41, 5.74) is 3.93. The van der Waals surface area contributed by atoms with Crippen LogP contribution in [0.3, 0.4) is 0 Å². The molecule has 7 nitrogen and oxygen atoms in total. The second kappa shape index (κ2) is 7.60. The van der Waals surface area contributed by atoms with Crippen LogP contribution in [0.25, 0.3) is 11.0 Å². The van der Waals surface area contributed by atoms with E-state index in [0.717, 1.165) is 60.8 Å². The van der Waals surface area contributed by atoms with Gasteiger partial charge in [-0.3, -0.25) is 0 Å². The lowest BCUT2D eigenvalue weighted by molar-refractivity contribution is 0.315. The quantitative estimate of drug-likeness (QED) is 0.742. The number of aromatic nitrogens is 4. The Morgan fingerprint density at radius 1 is 1.11 bits per heavy atom. The van der Waals surface area contributed by atoms with Gasteiger partial charge in [0.1, 0.15) is 22.7 Å². The zero-order valence-corrected chi connectivity index (χ0v) is 16.1. The van der Waals surface area contributed by atoms with E-state index in [2.05, 4.69) is 56.5 Å². The molecule has 0 amide bonds. The molecule has 0 atom stereocenters. The summed E-state index contributed by atoms with van der Waals surface area (Å²) in [6.07, 6.45) is 2.21. The van der Waals surface area contributed by atoms with Gasteiger partial charge in [0.15, 0.2) is 0 Å². The third-order valence-corrected chi connectivity index (χ3v) is 5.17. The maximum absolute atomic E-state index is 4.76. The highest BCUT2D eigenvalue weighted by atomic mass is 16.6. The van der Waals surface area contributed by atoms with Crippen molar-refractivity contribution in [3.8, 4) is 0 Å². The van der Waals surface area contributed by atoms with Gasteiger partial charge in [-0.15, -0.1) is 0 Å². The molecule has 4 rings (SSSR count). The SMILES string of the molecule is Cc1nc(C(C)C)cc(N2CCC(NCc3ccc4nonc4c3)CC2)n1. The Labute approximate surface area is 159 Å². The topological polar surface area (TPSA) is 80.0 Å². The average Bonchev–Trinajstić information content (AvgIpc) is 3.14. The fraction of sp³-hybridized carbons (Fsp3) is 0.500. The minimum Gasteiger partial charge on any atom is -0.356 e. The van der Waals surface area contributed by atoms with Gasteiger partial charge in [0, 0.05) is 37.4 Å². The minimum absolute atomic E-state index is 0.418. The van der Waals surface area contributed by atoms with E-state index in [1.54, 1.807) is 0 Å². The average molecular weight is 366 g/mol. The van der Waals surface area contributed by atoms with Crippen molar-refractivity contribution in [2.75, 3.05) is 18.0 Å². The molecule has 0 unspecified atom stereocenters. The molecule has 3 aromatic rings. The molecule has 3 heterocycles. The van der Waals surface area contributed by atoms with E-state index in [0.29, 0.717) is 12.0 Å². The molecule has 1 aliphatic heterocycles. The summed E-state index contributed by atoms with van der Waals surface area (Å²) in [6.45, 7) is 9.18. The molecule has 27 heavy (non-hydrogen) atoms. The Kier molecular flexibility index (Phi) is 5.03. The van der Waals surface area contributed by atoms with Gasteiger partial charge in [-0.25, -0.2) is 14.6 Å². The summed E-state index contributed by atoms with van der Waals surface area (Å²) in [5, 5.41) is 11.4. The largest absolute Gasteiger partial charge is 0.356 e. The lowest BCUT2D eigenvalue weighted by Gasteiger charge is -2.33. The van der Waals surface area contributed by atoms with Gasteiger partial charge in [-0.2, -0.15) is 0 Å². The summed E-state index contributed by atoms with van der Waals surface area (Å²) in [4.78, 5) is 11.6. The van der Waals surface area contributed by atoms with Crippen LogP contribution in [0.1, 0.15) is 49.7 Å². The molecule has 1 fully saturated rings. The number of rotatable bonds is 5. The normalized spacial score (nSPS) is 15.8. The number of hydrogen-bond acceptors (Lipinski definition) is 7. The van der Waals surface area contributed by atoms with Gasteiger partial charge in [0.2, 0.25) is 0 Å². The van der Waals surface area contributed by atoms with Gasteiger partial charge < -0.3 is 10.2 Å². The van der Waals surface area contributed by atoms with Crippen LogP contribution in [0.4, 0.5) is 5.82 Å². The molecule has 1 saturated heterocycles. The van der Waals surface area contributed by atoms with Crippen LogP contribution in [-0.2, 0) is 6.54 Å². The highest BCUT2D eigenvalue weighted by Gasteiger charge is 2.21. The van der Waals surface area contributed by atoms with Gasteiger partial charge in [0.25, 0.3) is 0 Å². The maximum atomic E-state index is 4.76. The van der Waals surface area contributed by atoms with E-state index in [-0.39, 0.29) is 0 Å². The summed E-state index contributed by atoms with van der Waals surface area (Å²) >= 11 is 0. The number of nitrogens with zero attached hydrogens (tertiary/aromatic N) is 5. The number of benzene rings is 1. The second-order valence-corrected chi connectivity index (χ2v) is 7.58. The number of hydrogen-bond donors (Lipinski definition) is 1. The molecule has 142 valence electrons. The molecule has 2 aromatic heterocycles. The van der Waals surface area contributed by atoms with Crippen molar-refractivity contribution in [2.45, 2.75) is 52.1 Å². The molecule has 0 aliphatic carbocycles. The van der Waals surface area contributed by atoms with Gasteiger partial charge >= 0.3 is 0 Å². The second-order valence-electron chi connectivity index (χ2n) is 7.58. The van der Waals surface area contributed by atoms with Crippen LogP contribution in [0.2, 0.25) is 0 Å². The highest BCUT2D eigenvalue weighted by molar-refractivity contribution is 5.73. The van der Waals surface area contributed by atoms with Crippen LogP contribution in [0.5, 0.6) is 0 Å². The minimum atomic E-state index is 0.418. The van der Waals surface area contributed by atoms with E-state index in [1.807, 2.05) is 19.1 Å². The smallest absolute Gasteiger partial charge is 0.135 e. The predicted octanol–water partition coefficient (Wildman–Crippen LogP) is 3.20. The zero-order valence-electron chi connectivity index (χ0n) is 16.1. The summed E-state index contributed by atoms with van der Waals surface area (Å²) in [5.74, 6) is 2.34. The van der Waals surface area contributed by atoms with Crippen LogP contribution in [0.15, 0.2) is 28.9 Å². The number of anilines is 1. The van der Waals surface area contributed by atoms with Crippen molar-refractivity contribution < 1.29 is 4.63 Å². The first-order valence-corrected chi connectivity index (χ1v) is 9.63.